The van der Waals surface area contributed by atoms with Gasteiger partial charge in [0.1, 0.15) is 0 Å². The Balaban J connectivity index is 1.92. The van der Waals surface area contributed by atoms with Gasteiger partial charge >= 0.3 is 16.4 Å². The van der Waals surface area contributed by atoms with Gasteiger partial charge in [-0.3, -0.25) is 4.68 Å². The summed E-state index contributed by atoms with van der Waals surface area (Å²) >= 11 is 0. The van der Waals surface area contributed by atoms with Crippen molar-refractivity contribution in [3.05, 3.63) is 47.3 Å². The highest BCUT2D eigenvalue weighted by atomic mass is 32.2. The molecule has 0 spiro atoms. The van der Waals surface area contributed by atoms with E-state index in [0.717, 1.165) is 35.8 Å². The van der Waals surface area contributed by atoms with Gasteiger partial charge in [-0.15, -0.1) is 0 Å². The number of likely N-dealkylation sites (tertiary alicyclic amines) is 1. The zero-order valence-electron chi connectivity index (χ0n) is 19.6. The lowest BCUT2D eigenvalue weighted by Gasteiger charge is -2.28. The summed E-state index contributed by atoms with van der Waals surface area (Å²) in [5, 5.41) is 16.6. The average molecular weight is 501 g/mol. The van der Waals surface area contributed by atoms with E-state index in [1.54, 1.807) is 20.9 Å². The van der Waals surface area contributed by atoms with Gasteiger partial charge in [0.15, 0.2) is 0 Å². The largest absolute Gasteiger partial charge is 0.861 e. The molecule has 2 heterocycles. The molecule has 1 aromatic carbocycles. The third-order valence-corrected chi connectivity index (χ3v) is 7.24. The van der Waals surface area contributed by atoms with E-state index < -0.39 is 34.3 Å². The minimum absolute atomic E-state index is 0.0580. The molecule has 1 atom stereocenters. The van der Waals surface area contributed by atoms with Crippen molar-refractivity contribution in [2.45, 2.75) is 51.2 Å². The van der Waals surface area contributed by atoms with Crippen LogP contribution in [0.3, 0.4) is 0 Å². The van der Waals surface area contributed by atoms with E-state index in [2.05, 4.69) is 9.50 Å². The highest BCUT2D eigenvalue weighted by Crippen LogP contribution is 2.32. The fourth-order valence-electron chi connectivity index (χ4n) is 3.97. The van der Waals surface area contributed by atoms with Crippen LogP contribution in [0.15, 0.2) is 35.0 Å². The molecule has 1 saturated heterocycles. The predicted octanol–water partition coefficient (Wildman–Crippen LogP) is 2.71. The van der Waals surface area contributed by atoms with Crippen LogP contribution in [-0.2, 0) is 29.9 Å². The Labute approximate surface area is 197 Å². The van der Waals surface area contributed by atoms with Crippen molar-refractivity contribution < 1.29 is 26.7 Å². The lowest BCUT2D eigenvalue weighted by molar-refractivity contribution is -0.217. The first-order chi connectivity index (χ1) is 15.8. The summed E-state index contributed by atoms with van der Waals surface area (Å²) in [6.45, 7) is 4.39. The SMILES string of the molecule is CC(C)c1cc(C/C([O-])=N/S(=O)(=O)N(C[C@@H]2CCCN2C)c2cnn(C)c2)cc(C(F)(F)F)c1. The first-order valence-electron chi connectivity index (χ1n) is 10.9. The molecular weight excluding hydrogens is 471 g/mol. The highest BCUT2D eigenvalue weighted by Gasteiger charge is 2.32. The van der Waals surface area contributed by atoms with Crippen molar-refractivity contribution in [2.75, 3.05) is 24.4 Å². The number of halogens is 3. The molecule has 12 heteroatoms. The molecule has 0 aliphatic carbocycles. The van der Waals surface area contributed by atoms with E-state index in [1.165, 1.54) is 23.1 Å². The molecule has 8 nitrogen and oxygen atoms in total. The van der Waals surface area contributed by atoms with Crippen LogP contribution in [0.2, 0.25) is 0 Å². The zero-order chi connectivity index (χ0) is 25.3. The molecule has 3 rings (SSSR count). The topological polar surface area (TPSA) is 93.9 Å². The Morgan fingerprint density at radius 1 is 1.29 bits per heavy atom. The molecule has 34 heavy (non-hydrogen) atoms. The fourth-order valence-corrected chi connectivity index (χ4v) is 5.12. The monoisotopic (exact) mass is 500 g/mol. The summed E-state index contributed by atoms with van der Waals surface area (Å²) in [5.41, 5.74) is -0.154. The third-order valence-electron chi connectivity index (χ3n) is 5.89. The van der Waals surface area contributed by atoms with Crippen molar-refractivity contribution in [3.63, 3.8) is 0 Å². The minimum atomic E-state index is -4.59. The van der Waals surface area contributed by atoms with Crippen LogP contribution in [0, 0.1) is 0 Å². The molecule has 0 unspecified atom stereocenters. The molecule has 1 aliphatic heterocycles. The van der Waals surface area contributed by atoms with Gasteiger partial charge in [0.2, 0.25) is 0 Å². The number of anilines is 1. The van der Waals surface area contributed by atoms with Gasteiger partial charge in [0.25, 0.3) is 0 Å². The normalized spacial score (nSPS) is 18.1. The molecule has 0 N–H and O–H groups in total. The molecule has 0 radical (unpaired) electrons. The quantitative estimate of drug-likeness (QED) is 0.410. The zero-order valence-corrected chi connectivity index (χ0v) is 20.4. The maximum Gasteiger partial charge on any atom is 0.416 e. The Hall–Kier alpha value is -2.60. The number of alkyl halides is 3. The number of hydrogen-bond donors (Lipinski definition) is 0. The fraction of sp³-hybridized carbons (Fsp3) is 0.545. The molecule has 0 amide bonds. The second-order valence-electron chi connectivity index (χ2n) is 8.94. The van der Waals surface area contributed by atoms with Gasteiger partial charge in [-0.2, -0.15) is 31.1 Å². The van der Waals surface area contributed by atoms with Gasteiger partial charge in [-0.1, -0.05) is 19.9 Å². The standard InChI is InChI=1S/C22H30F3N5O3S/c1-15(2)17-8-16(9-18(11-17)22(23,24)25)10-21(31)27-34(32,33)30(20-12-26-29(4)13-20)14-19-6-5-7-28(19)3/h8-9,11-13,15,19H,5-7,10,14H2,1-4H3,(H,27,31)/p-1/t19-/m0/s1. The second-order valence-corrected chi connectivity index (χ2v) is 10.5. The van der Waals surface area contributed by atoms with Crippen molar-refractivity contribution in [3.8, 4) is 0 Å². The van der Waals surface area contributed by atoms with Crippen LogP contribution in [0.4, 0.5) is 18.9 Å². The summed E-state index contributed by atoms with van der Waals surface area (Å²) in [6.07, 6.45) is -0.559. The number of nitrogens with zero attached hydrogens (tertiary/aromatic N) is 5. The summed E-state index contributed by atoms with van der Waals surface area (Å²) in [6, 6.07) is 3.32. The first kappa shape index (κ1) is 26.0. The molecule has 188 valence electrons. The molecular formula is C22H29F3N5O3S-. The van der Waals surface area contributed by atoms with Crippen LogP contribution in [-0.4, -0.2) is 55.2 Å². The van der Waals surface area contributed by atoms with Gasteiger partial charge in [0.05, 0.1) is 24.0 Å². The predicted molar refractivity (Wildman–Crippen MR) is 122 cm³/mol. The Morgan fingerprint density at radius 3 is 2.53 bits per heavy atom. The lowest BCUT2D eigenvalue weighted by atomic mass is 9.96. The summed E-state index contributed by atoms with van der Waals surface area (Å²) in [5.74, 6) is -1.25. The average Bonchev–Trinajstić information content (AvgIpc) is 3.32. The van der Waals surface area contributed by atoms with Crippen LogP contribution in [0.1, 0.15) is 49.3 Å². The molecule has 0 bridgehead atoms. The third kappa shape index (κ3) is 6.29. The summed E-state index contributed by atoms with van der Waals surface area (Å²) in [4.78, 5) is 2.04. The van der Waals surface area contributed by atoms with Gasteiger partial charge < -0.3 is 10.0 Å². The number of benzene rings is 1. The highest BCUT2D eigenvalue weighted by molar-refractivity contribution is 7.91. The van der Waals surface area contributed by atoms with Gasteiger partial charge in [-0.05, 0) is 61.5 Å². The molecule has 2 aromatic rings. The van der Waals surface area contributed by atoms with Gasteiger partial charge in [0, 0.05) is 25.7 Å². The van der Waals surface area contributed by atoms with E-state index in [4.69, 9.17) is 0 Å². The van der Waals surface area contributed by atoms with Crippen LogP contribution in [0.25, 0.3) is 0 Å². The van der Waals surface area contributed by atoms with E-state index in [1.807, 2.05) is 11.9 Å². The van der Waals surface area contributed by atoms with E-state index in [-0.39, 0.29) is 29.8 Å². The van der Waals surface area contributed by atoms with E-state index in [0.29, 0.717) is 5.56 Å². The molecule has 1 fully saturated rings. The number of aryl methyl sites for hydroxylation is 1. The van der Waals surface area contributed by atoms with Crippen LogP contribution in [0.5, 0.6) is 0 Å². The summed E-state index contributed by atoms with van der Waals surface area (Å²) in [7, 11) is -0.917. The maximum atomic E-state index is 13.3. The molecule has 0 saturated carbocycles. The van der Waals surface area contributed by atoms with Crippen LogP contribution >= 0.6 is 0 Å². The van der Waals surface area contributed by atoms with Crippen LogP contribution < -0.4 is 9.41 Å². The van der Waals surface area contributed by atoms with Crippen molar-refractivity contribution >= 4 is 21.8 Å². The Morgan fingerprint density at radius 2 is 2.00 bits per heavy atom. The Bertz CT molecular complexity index is 1140. The summed E-state index contributed by atoms with van der Waals surface area (Å²) < 4.78 is 72.2. The Kier molecular flexibility index (Phi) is 7.61. The number of likely N-dealkylation sites (N-methyl/N-ethyl adjacent to an activating group) is 1. The van der Waals surface area contributed by atoms with Gasteiger partial charge in [-0.25, -0.2) is 4.31 Å². The van der Waals surface area contributed by atoms with E-state index in [9.17, 15) is 26.7 Å². The number of aromatic nitrogens is 2. The second kappa shape index (κ2) is 9.95. The number of rotatable bonds is 8. The van der Waals surface area contributed by atoms with Crippen molar-refractivity contribution in [1.82, 2.24) is 14.7 Å². The van der Waals surface area contributed by atoms with Crippen molar-refractivity contribution in [2.24, 2.45) is 11.4 Å². The van der Waals surface area contributed by atoms with Crippen molar-refractivity contribution in [1.29, 1.82) is 0 Å². The molecule has 1 aromatic heterocycles. The smallest absolute Gasteiger partial charge is 0.416 e. The molecule has 1 aliphatic rings. The first-order valence-corrected chi connectivity index (χ1v) is 12.3. The van der Waals surface area contributed by atoms with E-state index >= 15 is 0 Å². The minimum Gasteiger partial charge on any atom is -0.861 e. The lowest BCUT2D eigenvalue weighted by Crippen LogP contribution is -2.42. The maximum absolute atomic E-state index is 13.3. The number of hydrogen-bond acceptors (Lipinski definition) is 5.